The normalized spacial score (nSPS) is 33.6. The highest BCUT2D eigenvalue weighted by Crippen LogP contribution is 2.60. The molecule has 0 radical (unpaired) electrons. The minimum absolute atomic E-state index is 0.196. The van der Waals surface area contributed by atoms with Gasteiger partial charge in [0.05, 0.1) is 12.1 Å². The number of rotatable bonds is 11. The standard InChI is InChI=1S/C28H44N4O6/c29-13-14-30-27(37)38-24(17-31-25(33)34)28(32-26(35)36,15-22-18-9-5-1-2-6-10-19(18)22)16-23-20-11-7-3-4-8-12-21(20)23/h1-4,18-24,31-32H,5-17,29H2,(H,30,37)(H,33,34)(H,35,36)/b2-1+,4-3+. The summed E-state index contributed by atoms with van der Waals surface area (Å²) in [6.45, 7) is 0.236. The minimum atomic E-state index is -1.25. The lowest BCUT2D eigenvalue weighted by molar-refractivity contribution is 0.0159. The van der Waals surface area contributed by atoms with Crippen LogP contribution < -0.4 is 21.7 Å². The number of nitrogens with two attached hydrogens (primary N) is 1. The molecule has 10 heteroatoms. The van der Waals surface area contributed by atoms with E-state index in [9.17, 15) is 24.6 Å². The first-order valence-electron chi connectivity index (χ1n) is 14.3. The lowest BCUT2D eigenvalue weighted by Crippen LogP contribution is -2.62. The highest BCUT2D eigenvalue weighted by molar-refractivity contribution is 5.69. The van der Waals surface area contributed by atoms with Crippen LogP contribution in [0.4, 0.5) is 14.4 Å². The smallest absolute Gasteiger partial charge is 0.407 e. The number of carbonyl (C=O) groups is 3. The molecule has 0 spiro atoms. The molecule has 4 aliphatic carbocycles. The van der Waals surface area contributed by atoms with Crippen molar-refractivity contribution in [3.05, 3.63) is 24.3 Å². The average molecular weight is 533 g/mol. The molecule has 0 aromatic carbocycles. The van der Waals surface area contributed by atoms with E-state index in [0.717, 1.165) is 51.4 Å². The second-order valence-corrected chi connectivity index (χ2v) is 11.5. The van der Waals surface area contributed by atoms with E-state index in [1.807, 2.05) is 0 Å². The quantitative estimate of drug-likeness (QED) is 0.218. The molecule has 0 aromatic rings. The van der Waals surface area contributed by atoms with Crippen molar-refractivity contribution in [2.75, 3.05) is 19.6 Å². The van der Waals surface area contributed by atoms with Gasteiger partial charge in [-0.15, -0.1) is 0 Å². The van der Waals surface area contributed by atoms with Crippen LogP contribution in [-0.2, 0) is 4.74 Å². The van der Waals surface area contributed by atoms with Gasteiger partial charge in [-0.25, -0.2) is 14.4 Å². The molecule has 4 rings (SSSR count). The second-order valence-electron chi connectivity index (χ2n) is 11.5. The van der Waals surface area contributed by atoms with E-state index in [0.29, 0.717) is 48.3 Å². The van der Waals surface area contributed by atoms with Gasteiger partial charge in [-0.3, -0.25) is 0 Å². The topological polar surface area (TPSA) is 163 Å². The SMILES string of the molecule is NCCNC(=O)OC(CNC(=O)O)C(CC1C2CC/C=C/CCC21)(CC1C2CC/C=C/CCC21)NC(=O)O. The fourth-order valence-corrected chi connectivity index (χ4v) is 7.45. The fourth-order valence-electron chi connectivity index (χ4n) is 7.45. The highest BCUT2D eigenvalue weighted by Gasteiger charge is 2.59. The number of amides is 3. The van der Waals surface area contributed by atoms with E-state index >= 15 is 0 Å². The molecular weight excluding hydrogens is 488 g/mol. The third kappa shape index (κ3) is 7.21. The Hall–Kier alpha value is -2.75. The number of fused-ring (bicyclic) bond motifs is 2. The van der Waals surface area contributed by atoms with Gasteiger partial charge < -0.3 is 36.6 Å². The van der Waals surface area contributed by atoms with E-state index in [4.69, 9.17) is 10.5 Å². The van der Waals surface area contributed by atoms with E-state index in [1.165, 1.54) is 0 Å². The second kappa shape index (κ2) is 12.9. The molecule has 0 aliphatic heterocycles. The zero-order chi connectivity index (χ0) is 27.1. The summed E-state index contributed by atoms with van der Waals surface area (Å²) < 4.78 is 5.85. The van der Waals surface area contributed by atoms with Crippen molar-refractivity contribution in [1.29, 1.82) is 0 Å². The predicted octanol–water partition coefficient (Wildman–Crippen LogP) is 4.08. The van der Waals surface area contributed by atoms with Gasteiger partial charge in [-0.2, -0.15) is 0 Å². The Morgan fingerprint density at radius 3 is 1.68 bits per heavy atom. The molecule has 2 saturated carbocycles. The molecule has 4 aliphatic rings. The number of alkyl carbamates (subject to hydrolysis) is 1. The van der Waals surface area contributed by atoms with Gasteiger partial charge in [0.1, 0.15) is 6.10 Å². The van der Waals surface area contributed by atoms with Crippen LogP contribution in [0.3, 0.4) is 0 Å². The molecule has 212 valence electrons. The van der Waals surface area contributed by atoms with Gasteiger partial charge in [0, 0.05) is 13.1 Å². The van der Waals surface area contributed by atoms with E-state index in [1.54, 1.807) is 0 Å². The van der Waals surface area contributed by atoms with Crippen molar-refractivity contribution in [2.45, 2.75) is 75.9 Å². The Balaban J connectivity index is 1.63. The van der Waals surface area contributed by atoms with Crippen molar-refractivity contribution >= 4 is 18.3 Å². The minimum Gasteiger partial charge on any atom is -0.465 e. The maximum atomic E-state index is 12.7. The van der Waals surface area contributed by atoms with Crippen LogP contribution in [0.15, 0.2) is 24.3 Å². The number of nitrogens with one attached hydrogen (secondary N) is 3. The largest absolute Gasteiger partial charge is 0.465 e. The van der Waals surface area contributed by atoms with Gasteiger partial charge in [0.25, 0.3) is 0 Å². The summed E-state index contributed by atoms with van der Waals surface area (Å²) >= 11 is 0. The van der Waals surface area contributed by atoms with E-state index in [-0.39, 0.29) is 19.6 Å². The number of ether oxygens (including phenoxy) is 1. The molecule has 2 fully saturated rings. The van der Waals surface area contributed by atoms with Crippen LogP contribution in [0.1, 0.15) is 64.2 Å². The first-order valence-corrected chi connectivity index (χ1v) is 14.3. The van der Waals surface area contributed by atoms with Crippen molar-refractivity contribution < 1.29 is 29.3 Å². The Morgan fingerprint density at radius 1 is 0.816 bits per heavy atom. The molecule has 5 atom stereocenters. The highest BCUT2D eigenvalue weighted by atomic mass is 16.6. The van der Waals surface area contributed by atoms with Crippen LogP contribution >= 0.6 is 0 Å². The number of carboxylic acid groups (broad SMARTS) is 2. The van der Waals surface area contributed by atoms with Crippen LogP contribution in [0.25, 0.3) is 0 Å². The van der Waals surface area contributed by atoms with Crippen LogP contribution in [0.5, 0.6) is 0 Å². The predicted molar refractivity (Wildman–Crippen MR) is 143 cm³/mol. The molecule has 0 heterocycles. The van der Waals surface area contributed by atoms with Crippen molar-refractivity contribution in [2.24, 2.45) is 41.2 Å². The lowest BCUT2D eigenvalue weighted by Gasteiger charge is -2.41. The van der Waals surface area contributed by atoms with Crippen LogP contribution in [0, 0.1) is 35.5 Å². The summed E-state index contributed by atoms with van der Waals surface area (Å²) in [4.78, 5) is 36.6. The maximum Gasteiger partial charge on any atom is 0.407 e. The van der Waals surface area contributed by atoms with Gasteiger partial charge in [0.15, 0.2) is 0 Å². The monoisotopic (exact) mass is 532 g/mol. The van der Waals surface area contributed by atoms with Crippen LogP contribution in [-0.4, -0.2) is 59.8 Å². The molecule has 38 heavy (non-hydrogen) atoms. The molecular formula is C28H44N4O6. The van der Waals surface area contributed by atoms with Crippen molar-refractivity contribution in [3.63, 3.8) is 0 Å². The van der Waals surface area contributed by atoms with Crippen LogP contribution in [0.2, 0.25) is 0 Å². The summed E-state index contributed by atoms with van der Waals surface area (Å²) in [6, 6.07) is 0. The number of hydrogen-bond donors (Lipinski definition) is 6. The van der Waals surface area contributed by atoms with E-state index < -0.39 is 29.9 Å². The number of hydrogen-bond acceptors (Lipinski definition) is 5. The molecule has 5 unspecified atom stereocenters. The molecule has 3 amide bonds. The Kier molecular flexibility index (Phi) is 9.57. The first-order chi connectivity index (χ1) is 18.3. The maximum absolute atomic E-state index is 12.7. The van der Waals surface area contributed by atoms with Gasteiger partial charge in [0.2, 0.25) is 0 Å². The number of allylic oxidation sites excluding steroid dienone is 4. The molecule has 7 N–H and O–H groups in total. The molecule has 0 saturated heterocycles. The molecule has 10 nitrogen and oxygen atoms in total. The van der Waals surface area contributed by atoms with Crippen molar-refractivity contribution in [3.8, 4) is 0 Å². The zero-order valence-corrected chi connectivity index (χ0v) is 22.1. The first kappa shape index (κ1) is 28.3. The molecule has 0 aromatic heterocycles. The summed E-state index contributed by atoms with van der Waals surface area (Å²) in [7, 11) is 0. The van der Waals surface area contributed by atoms with Gasteiger partial charge in [-0.1, -0.05) is 24.3 Å². The number of carbonyl (C=O) groups excluding carboxylic acids is 1. The summed E-state index contributed by atoms with van der Waals surface area (Å²) in [6.07, 6.45) is 14.1. The third-order valence-corrected chi connectivity index (χ3v) is 9.29. The Labute approximate surface area is 224 Å². The fraction of sp³-hybridized carbons (Fsp3) is 0.750. The summed E-state index contributed by atoms with van der Waals surface area (Å²) in [5, 5.41) is 27.3. The zero-order valence-electron chi connectivity index (χ0n) is 22.1. The lowest BCUT2D eigenvalue weighted by atomic mass is 9.79. The van der Waals surface area contributed by atoms with E-state index in [2.05, 4.69) is 40.3 Å². The summed E-state index contributed by atoms with van der Waals surface area (Å²) in [5.74, 6) is 2.63. The van der Waals surface area contributed by atoms with Gasteiger partial charge >= 0.3 is 18.3 Å². The van der Waals surface area contributed by atoms with Crippen molar-refractivity contribution in [1.82, 2.24) is 16.0 Å². The third-order valence-electron chi connectivity index (χ3n) is 9.29. The summed E-state index contributed by atoms with van der Waals surface area (Å²) in [5.41, 5.74) is 4.43. The Bertz CT molecular complexity index is 836. The molecule has 0 bridgehead atoms. The average Bonchev–Trinajstić information content (AvgIpc) is 3.67. The van der Waals surface area contributed by atoms with Gasteiger partial charge in [-0.05, 0) is 99.7 Å². The Morgan fingerprint density at radius 2 is 1.29 bits per heavy atom.